The van der Waals surface area contributed by atoms with Crippen molar-refractivity contribution < 1.29 is 14.3 Å². The monoisotopic (exact) mass is 401 g/mol. The Kier molecular flexibility index (Phi) is 8.10. The zero-order chi connectivity index (χ0) is 21.0. The van der Waals surface area contributed by atoms with Crippen LogP contribution < -0.4 is 10.1 Å². The minimum atomic E-state index is -0.337. The van der Waals surface area contributed by atoms with E-state index in [4.69, 9.17) is 9.47 Å². The number of esters is 1. The number of nitrogens with one attached hydrogen (secondary N) is 1. The second-order valence-corrected chi connectivity index (χ2v) is 6.86. The number of hydrogen-bond acceptors (Lipinski definition) is 4. The molecular formula is C26H27NO3. The Morgan fingerprint density at radius 2 is 1.47 bits per heavy atom. The maximum Gasteiger partial charge on any atom is 0.332 e. The van der Waals surface area contributed by atoms with Gasteiger partial charge in [0, 0.05) is 24.7 Å². The molecular weight excluding hydrogens is 374 g/mol. The Morgan fingerprint density at radius 3 is 2.10 bits per heavy atom. The van der Waals surface area contributed by atoms with Crippen LogP contribution in [0.25, 0.3) is 0 Å². The van der Waals surface area contributed by atoms with E-state index in [2.05, 4.69) is 5.32 Å². The predicted octanol–water partition coefficient (Wildman–Crippen LogP) is 5.04. The molecule has 1 N–H and O–H groups in total. The molecule has 0 saturated heterocycles. The van der Waals surface area contributed by atoms with Crippen molar-refractivity contribution in [3.05, 3.63) is 113 Å². The van der Waals surface area contributed by atoms with Gasteiger partial charge in [0.25, 0.3) is 0 Å². The van der Waals surface area contributed by atoms with Gasteiger partial charge in [-0.3, -0.25) is 0 Å². The first-order valence-electron chi connectivity index (χ1n) is 10.1. The molecule has 30 heavy (non-hydrogen) atoms. The fourth-order valence-electron chi connectivity index (χ4n) is 2.97. The van der Waals surface area contributed by atoms with Crippen LogP contribution in [0.15, 0.2) is 96.7 Å². The number of rotatable bonds is 10. The van der Waals surface area contributed by atoms with Gasteiger partial charge in [-0.25, -0.2) is 4.79 Å². The lowest BCUT2D eigenvalue weighted by Crippen LogP contribution is -2.17. The number of hydrogen-bond donors (Lipinski definition) is 1. The standard InChI is InChI=1S/C26H27NO3/c1-2-29-26(28)18-24(27-19-22-9-5-3-6-10-22)17-21-13-15-25(16-14-21)30-20-23-11-7-4-8-12-23/h3-16,18,27H,2,17,19-20H2,1H3. The van der Waals surface area contributed by atoms with Crippen molar-refractivity contribution in [2.75, 3.05) is 6.61 Å². The largest absolute Gasteiger partial charge is 0.489 e. The number of carbonyl (C=O) groups excluding carboxylic acids is 1. The first-order valence-corrected chi connectivity index (χ1v) is 10.1. The van der Waals surface area contributed by atoms with E-state index in [0.717, 1.165) is 28.1 Å². The second kappa shape index (κ2) is 11.5. The van der Waals surface area contributed by atoms with Crippen molar-refractivity contribution in [3.8, 4) is 5.75 Å². The molecule has 0 amide bonds. The maximum absolute atomic E-state index is 12.0. The van der Waals surface area contributed by atoms with E-state index in [0.29, 0.717) is 26.2 Å². The summed E-state index contributed by atoms with van der Waals surface area (Å²) in [7, 11) is 0. The van der Waals surface area contributed by atoms with Crippen molar-refractivity contribution >= 4 is 5.97 Å². The highest BCUT2D eigenvalue weighted by Gasteiger charge is 2.06. The molecule has 0 aliphatic rings. The topological polar surface area (TPSA) is 47.6 Å². The molecule has 4 heteroatoms. The summed E-state index contributed by atoms with van der Waals surface area (Å²) in [5, 5.41) is 3.36. The fraction of sp³-hybridized carbons (Fsp3) is 0.192. The van der Waals surface area contributed by atoms with E-state index in [1.807, 2.05) is 84.9 Å². The molecule has 3 rings (SSSR count). The molecule has 0 unspecified atom stereocenters. The van der Waals surface area contributed by atoms with Crippen molar-refractivity contribution in [1.82, 2.24) is 5.32 Å². The summed E-state index contributed by atoms with van der Waals surface area (Å²) in [4.78, 5) is 12.0. The highest BCUT2D eigenvalue weighted by molar-refractivity contribution is 5.82. The summed E-state index contributed by atoms with van der Waals surface area (Å²) in [6.45, 7) is 3.34. The summed E-state index contributed by atoms with van der Waals surface area (Å²) < 4.78 is 10.9. The van der Waals surface area contributed by atoms with Crippen LogP contribution in [0.5, 0.6) is 5.75 Å². The first kappa shape index (κ1) is 21.2. The van der Waals surface area contributed by atoms with Gasteiger partial charge in [0.2, 0.25) is 0 Å². The summed E-state index contributed by atoms with van der Waals surface area (Å²) in [5.74, 6) is 0.478. The van der Waals surface area contributed by atoms with E-state index < -0.39 is 0 Å². The molecule has 0 saturated carbocycles. The van der Waals surface area contributed by atoms with Gasteiger partial charge >= 0.3 is 5.97 Å². The van der Waals surface area contributed by atoms with Crippen molar-refractivity contribution in [2.45, 2.75) is 26.5 Å². The molecule has 4 nitrogen and oxygen atoms in total. The minimum Gasteiger partial charge on any atom is -0.489 e. The molecule has 0 radical (unpaired) electrons. The molecule has 154 valence electrons. The minimum absolute atomic E-state index is 0.337. The van der Waals surface area contributed by atoms with Gasteiger partial charge in [0.05, 0.1) is 6.61 Å². The molecule has 0 bridgehead atoms. The second-order valence-electron chi connectivity index (χ2n) is 6.86. The van der Waals surface area contributed by atoms with Crippen LogP contribution in [0.4, 0.5) is 0 Å². The summed E-state index contributed by atoms with van der Waals surface area (Å²) in [6, 6.07) is 28.1. The van der Waals surface area contributed by atoms with Gasteiger partial charge in [-0.05, 0) is 35.7 Å². The highest BCUT2D eigenvalue weighted by Crippen LogP contribution is 2.16. The SMILES string of the molecule is CCOC(=O)C=C(Cc1ccc(OCc2ccccc2)cc1)NCc1ccccc1. The van der Waals surface area contributed by atoms with Gasteiger partial charge in [-0.2, -0.15) is 0 Å². The lowest BCUT2D eigenvalue weighted by atomic mass is 10.1. The molecule has 0 aliphatic carbocycles. The fourth-order valence-corrected chi connectivity index (χ4v) is 2.97. The smallest absolute Gasteiger partial charge is 0.332 e. The van der Waals surface area contributed by atoms with Gasteiger partial charge < -0.3 is 14.8 Å². The number of benzene rings is 3. The van der Waals surface area contributed by atoms with Gasteiger partial charge in [-0.15, -0.1) is 0 Å². The van der Waals surface area contributed by atoms with Crippen LogP contribution in [0.1, 0.15) is 23.6 Å². The summed E-state index contributed by atoms with van der Waals surface area (Å²) in [5.41, 5.74) is 4.18. The van der Waals surface area contributed by atoms with Crippen LogP contribution in [0, 0.1) is 0 Å². The lowest BCUT2D eigenvalue weighted by Gasteiger charge is -2.12. The molecule has 0 aliphatic heterocycles. The number of allylic oxidation sites excluding steroid dienone is 1. The van der Waals surface area contributed by atoms with Gasteiger partial charge in [0.15, 0.2) is 0 Å². The first-order chi connectivity index (χ1) is 14.7. The molecule has 0 heterocycles. The summed E-state index contributed by atoms with van der Waals surface area (Å²) >= 11 is 0. The number of ether oxygens (including phenoxy) is 2. The molecule has 3 aromatic rings. The highest BCUT2D eigenvalue weighted by atomic mass is 16.5. The van der Waals surface area contributed by atoms with Gasteiger partial charge in [0.1, 0.15) is 12.4 Å². The van der Waals surface area contributed by atoms with Crippen LogP contribution >= 0.6 is 0 Å². The van der Waals surface area contributed by atoms with Crippen LogP contribution in [-0.4, -0.2) is 12.6 Å². The van der Waals surface area contributed by atoms with Crippen LogP contribution in [-0.2, 0) is 29.1 Å². The van der Waals surface area contributed by atoms with E-state index >= 15 is 0 Å². The normalized spacial score (nSPS) is 11.0. The van der Waals surface area contributed by atoms with E-state index in [-0.39, 0.29) is 5.97 Å². The van der Waals surface area contributed by atoms with Gasteiger partial charge in [-0.1, -0.05) is 72.8 Å². The quantitative estimate of drug-likeness (QED) is 0.382. The molecule has 0 fully saturated rings. The average molecular weight is 402 g/mol. The zero-order valence-electron chi connectivity index (χ0n) is 17.2. The van der Waals surface area contributed by atoms with E-state index in [1.165, 1.54) is 6.08 Å². The van der Waals surface area contributed by atoms with Crippen molar-refractivity contribution in [1.29, 1.82) is 0 Å². The molecule has 3 aromatic carbocycles. The number of carbonyl (C=O) groups is 1. The molecule has 0 atom stereocenters. The third kappa shape index (κ3) is 7.13. The zero-order valence-corrected chi connectivity index (χ0v) is 17.2. The van der Waals surface area contributed by atoms with E-state index in [9.17, 15) is 4.79 Å². The average Bonchev–Trinajstić information content (AvgIpc) is 2.78. The van der Waals surface area contributed by atoms with Crippen molar-refractivity contribution in [2.24, 2.45) is 0 Å². The third-order valence-electron chi connectivity index (χ3n) is 4.51. The van der Waals surface area contributed by atoms with E-state index in [1.54, 1.807) is 6.92 Å². The Hall–Kier alpha value is -3.53. The lowest BCUT2D eigenvalue weighted by molar-refractivity contribution is -0.137. The van der Waals surface area contributed by atoms with Crippen LogP contribution in [0.3, 0.4) is 0 Å². The summed E-state index contributed by atoms with van der Waals surface area (Å²) in [6.07, 6.45) is 2.14. The Labute approximate surface area is 178 Å². The Morgan fingerprint density at radius 1 is 0.833 bits per heavy atom. The van der Waals surface area contributed by atoms with Crippen molar-refractivity contribution in [3.63, 3.8) is 0 Å². The predicted molar refractivity (Wildman–Crippen MR) is 119 cm³/mol. The Balaban J connectivity index is 1.61. The molecule has 0 aromatic heterocycles. The third-order valence-corrected chi connectivity index (χ3v) is 4.51. The molecule has 0 spiro atoms. The van der Waals surface area contributed by atoms with Crippen LogP contribution in [0.2, 0.25) is 0 Å². The maximum atomic E-state index is 12.0. The Bertz CT molecular complexity index is 935.